The quantitative estimate of drug-likeness (QED) is 0.639. The van der Waals surface area contributed by atoms with Crippen molar-refractivity contribution in [1.82, 2.24) is 35.0 Å². The summed E-state index contributed by atoms with van der Waals surface area (Å²) in [5, 5.41) is 11.4. The van der Waals surface area contributed by atoms with Crippen LogP contribution in [-0.4, -0.2) is 73.6 Å². The third-order valence-electron chi connectivity index (χ3n) is 5.13. The number of rotatable bonds is 6. The lowest BCUT2D eigenvalue weighted by Gasteiger charge is -2.36. The van der Waals surface area contributed by atoms with Crippen molar-refractivity contribution in [2.24, 2.45) is 0 Å². The first kappa shape index (κ1) is 18.2. The summed E-state index contributed by atoms with van der Waals surface area (Å²) in [6.45, 7) is 4.14. The molecule has 3 aromatic rings. The molecule has 2 aromatic heterocycles. The number of hydrogen-bond acceptors (Lipinski definition) is 6. The number of carbonyl (C=O) groups excluding carboxylic acids is 1. The molecule has 0 spiro atoms. The van der Waals surface area contributed by atoms with Crippen molar-refractivity contribution in [3.8, 4) is 0 Å². The number of pyridine rings is 1. The highest BCUT2D eigenvalue weighted by atomic mass is 16.2. The van der Waals surface area contributed by atoms with E-state index in [4.69, 9.17) is 0 Å². The van der Waals surface area contributed by atoms with Gasteiger partial charge in [0.25, 0.3) is 5.91 Å². The number of amides is 1. The number of piperazine rings is 1. The second kappa shape index (κ2) is 8.71. The van der Waals surface area contributed by atoms with Crippen LogP contribution < -0.4 is 0 Å². The first-order valence-electron chi connectivity index (χ1n) is 9.49. The van der Waals surface area contributed by atoms with E-state index in [1.165, 1.54) is 16.6 Å². The van der Waals surface area contributed by atoms with Crippen LogP contribution in [-0.2, 0) is 11.2 Å². The molecule has 1 atom stereocenters. The van der Waals surface area contributed by atoms with Crippen LogP contribution in [0.3, 0.4) is 0 Å². The molecule has 0 N–H and O–H groups in total. The molecule has 4 rings (SSSR count). The Morgan fingerprint density at radius 3 is 2.43 bits per heavy atom. The first-order valence-corrected chi connectivity index (χ1v) is 9.49. The van der Waals surface area contributed by atoms with Gasteiger partial charge in [-0.2, -0.15) is 0 Å². The van der Waals surface area contributed by atoms with Crippen LogP contribution in [0.5, 0.6) is 0 Å². The molecule has 8 heteroatoms. The maximum Gasteiger partial charge on any atom is 0.252 e. The normalized spacial score (nSPS) is 16.1. The molecule has 1 aliphatic rings. The van der Waals surface area contributed by atoms with Gasteiger partial charge in [0, 0.05) is 45.1 Å². The molecule has 8 nitrogen and oxygen atoms in total. The highest BCUT2D eigenvalue weighted by molar-refractivity contribution is 5.83. The second-order valence-corrected chi connectivity index (χ2v) is 6.88. The number of benzene rings is 1. The van der Waals surface area contributed by atoms with Gasteiger partial charge in [-0.05, 0) is 40.1 Å². The molecule has 1 saturated heterocycles. The zero-order valence-electron chi connectivity index (χ0n) is 15.6. The molecule has 1 unspecified atom stereocenters. The molecule has 28 heavy (non-hydrogen) atoms. The number of aromatic nitrogens is 5. The zero-order valence-corrected chi connectivity index (χ0v) is 15.6. The fourth-order valence-corrected chi connectivity index (χ4v) is 3.53. The van der Waals surface area contributed by atoms with E-state index in [1.807, 2.05) is 47.6 Å². The van der Waals surface area contributed by atoms with Crippen molar-refractivity contribution in [3.63, 3.8) is 0 Å². The monoisotopic (exact) mass is 377 g/mol. The van der Waals surface area contributed by atoms with E-state index in [9.17, 15) is 4.79 Å². The smallest absolute Gasteiger partial charge is 0.252 e. The van der Waals surface area contributed by atoms with E-state index >= 15 is 0 Å². The minimum absolute atomic E-state index is 0.0345. The van der Waals surface area contributed by atoms with Crippen LogP contribution >= 0.6 is 0 Å². The van der Waals surface area contributed by atoms with Crippen molar-refractivity contribution in [1.29, 1.82) is 0 Å². The predicted octanol–water partition coefficient (Wildman–Crippen LogP) is 1.04. The lowest BCUT2D eigenvalue weighted by atomic mass is 10.1. The first-order chi connectivity index (χ1) is 13.8. The van der Waals surface area contributed by atoms with Crippen molar-refractivity contribution in [2.75, 3.05) is 32.7 Å². The Balaban J connectivity index is 1.38. The molecule has 0 aliphatic carbocycles. The van der Waals surface area contributed by atoms with E-state index in [1.54, 1.807) is 0 Å². The van der Waals surface area contributed by atoms with Gasteiger partial charge in [-0.15, -0.1) is 5.10 Å². The van der Waals surface area contributed by atoms with Crippen molar-refractivity contribution < 1.29 is 4.79 Å². The standard InChI is InChI=1S/C20H23N7O/c28-20(19(27-16-22-23-24-27)18-4-2-1-3-5-18)26-14-12-25(13-15-26)11-8-17-6-9-21-10-7-17/h1-7,9-10,16,19H,8,11-15H2. The van der Waals surface area contributed by atoms with Crippen LogP contribution in [0.25, 0.3) is 0 Å². The third kappa shape index (κ3) is 4.23. The number of nitrogens with zero attached hydrogens (tertiary/aromatic N) is 7. The fourth-order valence-electron chi connectivity index (χ4n) is 3.53. The Hall–Kier alpha value is -3.13. The number of tetrazole rings is 1. The minimum Gasteiger partial charge on any atom is -0.338 e. The molecule has 0 saturated carbocycles. The summed E-state index contributed by atoms with van der Waals surface area (Å²) in [7, 11) is 0. The highest BCUT2D eigenvalue weighted by Crippen LogP contribution is 2.20. The highest BCUT2D eigenvalue weighted by Gasteiger charge is 2.30. The summed E-state index contributed by atoms with van der Waals surface area (Å²) in [5.74, 6) is 0.0345. The van der Waals surface area contributed by atoms with E-state index in [0.29, 0.717) is 13.1 Å². The number of carbonyl (C=O) groups is 1. The predicted molar refractivity (Wildman–Crippen MR) is 103 cm³/mol. The number of hydrogen-bond donors (Lipinski definition) is 0. The van der Waals surface area contributed by atoms with E-state index in [0.717, 1.165) is 31.6 Å². The minimum atomic E-state index is -0.528. The van der Waals surface area contributed by atoms with Gasteiger partial charge in [-0.25, -0.2) is 4.68 Å². The lowest BCUT2D eigenvalue weighted by Crippen LogP contribution is -2.51. The summed E-state index contributed by atoms with van der Waals surface area (Å²) < 4.78 is 1.54. The van der Waals surface area contributed by atoms with Gasteiger partial charge < -0.3 is 4.90 Å². The molecule has 1 amide bonds. The molecule has 1 fully saturated rings. The Bertz CT molecular complexity index is 862. The van der Waals surface area contributed by atoms with Crippen LogP contribution in [0.1, 0.15) is 17.2 Å². The fraction of sp³-hybridized carbons (Fsp3) is 0.350. The molecular weight excluding hydrogens is 354 g/mol. The summed E-state index contributed by atoms with van der Waals surface area (Å²) in [6.07, 6.45) is 6.15. The summed E-state index contributed by atoms with van der Waals surface area (Å²) in [5.41, 5.74) is 2.18. The summed E-state index contributed by atoms with van der Waals surface area (Å²) in [6, 6.07) is 13.2. The Labute approximate surface area is 163 Å². The largest absolute Gasteiger partial charge is 0.338 e. The van der Waals surface area contributed by atoms with E-state index in [2.05, 4.69) is 37.5 Å². The Morgan fingerprint density at radius 1 is 1.00 bits per heavy atom. The van der Waals surface area contributed by atoms with Crippen LogP contribution in [0.4, 0.5) is 0 Å². The molecule has 1 aliphatic heterocycles. The van der Waals surface area contributed by atoms with Crippen LogP contribution in [0, 0.1) is 0 Å². The second-order valence-electron chi connectivity index (χ2n) is 6.88. The molecular formula is C20H23N7O. The van der Waals surface area contributed by atoms with Crippen LogP contribution in [0.15, 0.2) is 61.2 Å². The molecule has 1 aromatic carbocycles. The average Bonchev–Trinajstić information content (AvgIpc) is 3.28. The maximum absolute atomic E-state index is 13.3. The Kier molecular flexibility index (Phi) is 5.67. The maximum atomic E-state index is 13.3. The van der Waals surface area contributed by atoms with Gasteiger partial charge in [0.05, 0.1) is 0 Å². The van der Waals surface area contributed by atoms with Crippen molar-refractivity contribution >= 4 is 5.91 Å². The van der Waals surface area contributed by atoms with Gasteiger partial charge >= 0.3 is 0 Å². The van der Waals surface area contributed by atoms with Gasteiger partial charge in [-0.3, -0.25) is 14.7 Å². The lowest BCUT2D eigenvalue weighted by molar-refractivity contribution is -0.135. The van der Waals surface area contributed by atoms with Crippen LogP contribution in [0.2, 0.25) is 0 Å². The van der Waals surface area contributed by atoms with Gasteiger partial charge in [-0.1, -0.05) is 30.3 Å². The molecule has 0 bridgehead atoms. The molecule has 144 valence electrons. The van der Waals surface area contributed by atoms with E-state index < -0.39 is 6.04 Å². The van der Waals surface area contributed by atoms with Gasteiger partial charge in [0.2, 0.25) is 0 Å². The summed E-state index contributed by atoms with van der Waals surface area (Å²) >= 11 is 0. The molecule has 0 radical (unpaired) electrons. The van der Waals surface area contributed by atoms with Crippen molar-refractivity contribution in [2.45, 2.75) is 12.5 Å². The third-order valence-corrected chi connectivity index (χ3v) is 5.13. The van der Waals surface area contributed by atoms with Gasteiger partial charge in [0.1, 0.15) is 6.33 Å². The topological polar surface area (TPSA) is 80.0 Å². The van der Waals surface area contributed by atoms with Crippen molar-refractivity contribution in [3.05, 3.63) is 72.3 Å². The summed E-state index contributed by atoms with van der Waals surface area (Å²) in [4.78, 5) is 21.6. The van der Waals surface area contributed by atoms with E-state index in [-0.39, 0.29) is 5.91 Å². The Morgan fingerprint density at radius 2 is 1.75 bits per heavy atom. The van der Waals surface area contributed by atoms with Gasteiger partial charge in [0.15, 0.2) is 6.04 Å². The average molecular weight is 377 g/mol. The SMILES string of the molecule is O=C(C(c1ccccc1)n1cnnn1)N1CCN(CCc2ccncc2)CC1. The molecule has 3 heterocycles. The zero-order chi connectivity index (χ0) is 19.2.